The Hall–Kier alpha value is -1.66. The molecule has 0 N–H and O–H groups in total. The monoisotopic (exact) mass is 349 g/mol. The molecule has 0 saturated carbocycles. The van der Waals surface area contributed by atoms with Gasteiger partial charge in [0.2, 0.25) is 0 Å². The highest BCUT2D eigenvalue weighted by Gasteiger charge is 2.40. The number of hydrogen-bond acceptors (Lipinski definition) is 4. The molecule has 24 heavy (non-hydrogen) atoms. The maximum atomic E-state index is 12.7. The first-order valence-corrected chi connectivity index (χ1v) is 8.76. The summed E-state index contributed by atoms with van der Waals surface area (Å²) >= 11 is 5.81. The molecule has 7 heteroatoms. The average molecular weight is 350 g/mol. The molecule has 2 atom stereocenters. The Morgan fingerprint density at radius 2 is 2.08 bits per heavy atom. The molecule has 3 fully saturated rings. The third-order valence-corrected chi connectivity index (χ3v) is 5.48. The average Bonchev–Trinajstić information content (AvgIpc) is 2.54. The van der Waals surface area contributed by atoms with Crippen molar-refractivity contribution in [1.82, 2.24) is 14.8 Å². The van der Waals surface area contributed by atoms with Crippen molar-refractivity contribution >= 4 is 23.4 Å². The number of fused-ring (bicyclic) bond motifs is 1. The van der Waals surface area contributed by atoms with Crippen molar-refractivity contribution in [1.29, 1.82) is 0 Å². The second-order valence-corrected chi connectivity index (χ2v) is 7.27. The molecule has 0 aromatic carbocycles. The van der Waals surface area contributed by atoms with Crippen molar-refractivity contribution in [3.63, 3.8) is 0 Å². The number of likely N-dealkylation sites (tertiary alicyclic amines) is 2. The molecule has 2 amide bonds. The highest BCUT2D eigenvalue weighted by molar-refractivity contribution is 6.29. The molecular formula is C17H20ClN3O3. The van der Waals surface area contributed by atoms with E-state index in [9.17, 15) is 9.59 Å². The van der Waals surface area contributed by atoms with Crippen LogP contribution in [0.4, 0.5) is 4.79 Å². The molecule has 3 saturated heterocycles. The minimum atomic E-state index is 0.0737. The van der Waals surface area contributed by atoms with Gasteiger partial charge in [-0.1, -0.05) is 17.7 Å². The first-order valence-electron chi connectivity index (χ1n) is 8.39. The van der Waals surface area contributed by atoms with Gasteiger partial charge in [0, 0.05) is 50.6 Å². The molecule has 0 spiro atoms. The number of urea groups is 1. The van der Waals surface area contributed by atoms with Gasteiger partial charge in [-0.05, 0) is 18.1 Å². The van der Waals surface area contributed by atoms with Crippen LogP contribution in [0.25, 0.3) is 0 Å². The summed E-state index contributed by atoms with van der Waals surface area (Å²) in [5.41, 5.74) is 1.12. The van der Waals surface area contributed by atoms with Crippen LogP contribution < -0.4 is 0 Å². The number of aromatic nitrogens is 1. The summed E-state index contributed by atoms with van der Waals surface area (Å²) < 4.78 is 5.59. The Morgan fingerprint density at radius 3 is 2.83 bits per heavy atom. The molecule has 3 aliphatic heterocycles. The van der Waals surface area contributed by atoms with Crippen LogP contribution in [0, 0.1) is 5.92 Å². The van der Waals surface area contributed by atoms with Gasteiger partial charge in [-0.2, -0.15) is 0 Å². The van der Waals surface area contributed by atoms with Crippen molar-refractivity contribution in [2.45, 2.75) is 24.9 Å². The van der Waals surface area contributed by atoms with E-state index >= 15 is 0 Å². The first-order chi connectivity index (χ1) is 11.6. The van der Waals surface area contributed by atoms with E-state index in [0.717, 1.165) is 12.0 Å². The fourth-order valence-corrected chi connectivity index (χ4v) is 3.94. The molecule has 3 aliphatic rings. The van der Waals surface area contributed by atoms with E-state index in [2.05, 4.69) is 4.98 Å². The van der Waals surface area contributed by atoms with Gasteiger partial charge in [-0.3, -0.25) is 4.79 Å². The van der Waals surface area contributed by atoms with Crippen LogP contribution in [0.2, 0.25) is 5.15 Å². The number of carbonyl (C=O) groups is 2. The molecule has 4 rings (SSSR count). The maximum absolute atomic E-state index is 12.7. The Bertz CT molecular complexity index is 645. The van der Waals surface area contributed by atoms with Crippen LogP contribution in [0.3, 0.4) is 0 Å². The van der Waals surface area contributed by atoms with E-state index in [1.165, 1.54) is 0 Å². The molecule has 0 unspecified atom stereocenters. The highest BCUT2D eigenvalue weighted by atomic mass is 35.5. The number of halogens is 1. The number of ether oxygens (including phenoxy) is 1. The zero-order valence-corrected chi connectivity index (χ0v) is 14.1. The molecule has 0 bridgehead atoms. The Labute approximate surface area is 145 Å². The van der Waals surface area contributed by atoms with Crippen LogP contribution in [-0.2, 0) is 9.53 Å². The minimum absolute atomic E-state index is 0.0737. The topological polar surface area (TPSA) is 62.7 Å². The molecule has 6 nitrogen and oxygen atoms in total. The first kappa shape index (κ1) is 15.8. The molecule has 4 heterocycles. The van der Waals surface area contributed by atoms with Gasteiger partial charge in [0.25, 0.3) is 0 Å². The predicted molar refractivity (Wildman–Crippen MR) is 88.0 cm³/mol. The van der Waals surface area contributed by atoms with Gasteiger partial charge < -0.3 is 14.5 Å². The fourth-order valence-electron chi connectivity index (χ4n) is 3.83. The second-order valence-electron chi connectivity index (χ2n) is 6.89. The zero-order valence-electron chi connectivity index (χ0n) is 13.4. The van der Waals surface area contributed by atoms with E-state index in [0.29, 0.717) is 43.7 Å². The fraction of sp³-hybridized carbons (Fsp3) is 0.588. The summed E-state index contributed by atoms with van der Waals surface area (Å²) in [6.45, 7) is 2.99. The van der Waals surface area contributed by atoms with Gasteiger partial charge in [-0.25, -0.2) is 9.78 Å². The summed E-state index contributed by atoms with van der Waals surface area (Å²) in [5.74, 6) is 0.627. The molecule has 1 aromatic heterocycles. The summed E-state index contributed by atoms with van der Waals surface area (Å²) in [6.07, 6.45) is 3.27. The predicted octanol–water partition coefficient (Wildman–Crippen LogP) is 1.93. The number of ketones is 1. The number of rotatable bonds is 1. The van der Waals surface area contributed by atoms with Gasteiger partial charge in [-0.15, -0.1) is 0 Å². The van der Waals surface area contributed by atoms with E-state index in [1.54, 1.807) is 12.3 Å². The van der Waals surface area contributed by atoms with Crippen molar-refractivity contribution in [2.75, 3.05) is 32.8 Å². The number of pyridine rings is 1. The zero-order chi connectivity index (χ0) is 16.7. The smallest absolute Gasteiger partial charge is 0.320 e. The lowest BCUT2D eigenvalue weighted by Gasteiger charge is -2.46. The SMILES string of the molecule is O=C1CO[C@H]2CCN(C(=O)N3CC(c4ccc(Cl)nc4)C3)C[C@H]2C1. The quantitative estimate of drug-likeness (QED) is 0.727. The molecule has 0 aliphatic carbocycles. The summed E-state index contributed by atoms with van der Waals surface area (Å²) in [7, 11) is 0. The lowest BCUT2D eigenvalue weighted by atomic mass is 9.88. The van der Waals surface area contributed by atoms with Gasteiger partial charge in [0.15, 0.2) is 5.78 Å². The second kappa shape index (κ2) is 6.33. The molecule has 128 valence electrons. The van der Waals surface area contributed by atoms with Crippen LogP contribution in [0.15, 0.2) is 18.3 Å². The summed E-state index contributed by atoms with van der Waals surface area (Å²) in [5, 5.41) is 0.484. The Balaban J connectivity index is 1.32. The van der Waals surface area contributed by atoms with Crippen LogP contribution >= 0.6 is 11.6 Å². The Kier molecular flexibility index (Phi) is 4.18. The Morgan fingerprint density at radius 1 is 1.25 bits per heavy atom. The number of Topliss-reactive ketones (excluding diaryl/α,β-unsaturated/α-hetero) is 1. The lowest BCUT2D eigenvalue weighted by Crippen LogP contribution is -2.58. The summed E-state index contributed by atoms with van der Waals surface area (Å²) in [4.78, 5) is 32.1. The maximum Gasteiger partial charge on any atom is 0.320 e. The van der Waals surface area contributed by atoms with Crippen LogP contribution in [0.5, 0.6) is 0 Å². The minimum Gasteiger partial charge on any atom is -0.370 e. The van der Waals surface area contributed by atoms with Crippen molar-refractivity contribution in [3.05, 3.63) is 29.0 Å². The van der Waals surface area contributed by atoms with E-state index in [1.807, 2.05) is 15.9 Å². The number of nitrogens with zero attached hydrogens (tertiary/aromatic N) is 3. The highest BCUT2D eigenvalue weighted by Crippen LogP contribution is 2.31. The lowest BCUT2D eigenvalue weighted by molar-refractivity contribution is -0.140. The molecule has 1 aromatic rings. The number of carbonyl (C=O) groups excluding carboxylic acids is 2. The van der Waals surface area contributed by atoms with E-state index in [-0.39, 0.29) is 30.4 Å². The standard InChI is InChI=1S/C17H20ClN3O3/c18-16-2-1-11(6-19-16)13-8-21(9-13)17(23)20-4-3-15-12(7-20)5-14(22)10-24-15/h1-2,6,12-13,15H,3-5,7-10H2/t12-,15+/m1/s1. The largest absolute Gasteiger partial charge is 0.370 e. The van der Waals surface area contributed by atoms with Gasteiger partial charge >= 0.3 is 6.03 Å². The van der Waals surface area contributed by atoms with E-state index in [4.69, 9.17) is 16.3 Å². The third kappa shape index (κ3) is 3.00. The molecular weight excluding hydrogens is 330 g/mol. The number of amides is 2. The number of piperidine rings is 1. The van der Waals surface area contributed by atoms with Gasteiger partial charge in [0.1, 0.15) is 11.8 Å². The third-order valence-electron chi connectivity index (χ3n) is 5.26. The summed E-state index contributed by atoms with van der Waals surface area (Å²) in [6, 6.07) is 3.83. The van der Waals surface area contributed by atoms with Crippen molar-refractivity contribution in [2.24, 2.45) is 5.92 Å². The van der Waals surface area contributed by atoms with Crippen molar-refractivity contribution in [3.8, 4) is 0 Å². The number of hydrogen-bond donors (Lipinski definition) is 0. The van der Waals surface area contributed by atoms with Crippen molar-refractivity contribution < 1.29 is 14.3 Å². The van der Waals surface area contributed by atoms with Crippen LogP contribution in [-0.4, -0.2) is 65.5 Å². The van der Waals surface area contributed by atoms with Crippen LogP contribution in [0.1, 0.15) is 24.3 Å². The van der Waals surface area contributed by atoms with E-state index < -0.39 is 0 Å². The molecule has 0 radical (unpaired) electrons. The normalized spacial score (nSPS) is 27.6. The van der Waals surface area contributed by atoms with Gasteiger partial charge in [0.05, 0.1) is 6.10 Å².